The van der Waals surface area contributed by atoms with E-state index in [0.717, 1.165) is 18.1 Å². The molecule has 0 unspecified atom stereocenters. The Bertz CT molecular complexity index is 122. The van der Waals surface area contributed by atoms with E-state index in [0.29, 0.717) is 0 Å². The quantitative estimate of drug-likeness (QED) is 0.676. The standard InChI is InChI=1S/C4H9NO.C4H9NS.CH4/c2*1-3-5-4(2)6;/h2*3H2,1-2H3,(H,5,6);1H4. The molecule has 0 bridgehead atoms. The van der Waals surface area contributed by atoms with Crippen LogP contribution in [0.4, 0.5) is 0 Å². The summed E-state index contributed by atoms with van der Waals surface area (Å²) in [6, 6.07) is 0. The van der Waals surface area contributed by atoms with Gasteiger partial charge in [0.15, 0.2) is 0 Å². The third-order valence-corrected chi connectivity index (χ3v) is 0.996. The lowest BCUT2D eigenvalue weighted by Gasteiger charge is -1.92. The van der Waals surface area contributed by atoms with E-state index in [-0.39, 0.29) is 13.3 Å². The SMILES string of the molecule is C.CCNC(C)=O.CCNC(C)=S. The molecule has 0 heterocycles. The molecule has 0 fully saturated rings. The summed E-state index contributed by atoms with van der Waals surface area (Å²) in [7, 11) is 0. The van der Waals surface area contributed by atoms with Crippen molar-refractivity contribution in [1.82, 2.24) is 10.6 Å². The fourth-order valence-corrected chi connectivity index (χ4v) is 0.642. The van der Waals surface area contributed by atoms with Crippen molar-refractivity contribution >= 4 is 23.1 Å². The highest BCUT2D eigenvalue weighted by molar-refractivity contribution is 7.80. The lowest BCUT2D eigenvalue weighted by atomic mass is 10.6. The molecule has 0 aliphatic rings. The highest BCUT2D eigenvalue weighted by atomic mass is 32.1. The van der Waals surface area contributed by atoms with Gasteiger partial charge in [0.2, 0.25) is 5.91 Å². The Labute approximate surface area is 87.3 Å². The number of hydrogen-bond acceptors (Lipinski definition) is 2. The fraction of sp³-hybridized carbons (Fsp3) is 0.778. The summed E-state index contributed by atoms with van der Waals surface area (Å²) in [5, 5.41) is 5.51. The molecule has 1 amide bonds. The van der Waals surface area contributed by atoms with Crippen molar-refractivity contribution in [2.24, 2.45) is 0 Å². The minimum atomic E-state index is 0. The van der Waals surface area contributed by atoms with Crippen molar-refractivity contribution in [1.29, 1.82) is 0 Å². The lowest BCUT2D eigenvalue weighted by Crippen LogP contribution is -2.18. The van der Waals surface area contributed by atoms with E-state index in [1.54, 1.807) is 0 Å². The zero-order valence-corrected chi connectivity index (χ0v) is 9.05. The maximum atomic E-state index is 9.93. The second-order valence-corrected chi connectivity index (χ2v) is 2.79. The molecule has 0 aromatic carbocycles. The first kappa shape index (κ1) is 18.2. The van der Waals surface area contributed by atoms with Gasteiger partial charge in [-0.15, -0.1) is 0 Å². The molecule has 13 heavy (non-hydrogen) atoms. The number of carbonyl (C=O) groups is 1. The van der Waals surface area contributed by atoms with Crippen LogP contribution in [0.2, 0.25) is 0 Å². The summed E-state index contributed by atoms with van der Waals surface area (Å²) in [4.78, 5) is 10.8. The molecule has 0 aromatic heterocycles. The van der Waals surface area contributed by atoms with E-state index in [9.17, 15) is 4.79 Å². The van der Waals surface area contributed by atoms with Gasteiger partial charge in [-0.25, -0.2) is 0 Å². The van der Waals surface area contributed by atoms with E-state index >= 15 is 0 Å². The van der Waals surface area contributed by atoms with Gasteiger partial charge >= 0.3 is 0 Å². The Kier molecular flexibility index (Phi) is 19.5. The first-order valence-electron chi connectivity index (χ1n) is 4.03. The highest BCUT2D eigenvalue weighted by Gasteiger charge is 1.79. The van der Waals surface area contributed by atoms with E-state index in [1.165, 1.54) is 6.92 Å². The largest absolute Gasteiger partial charge is 0.380 e. The van der Waals surface area contributed by atoms with Crippen LogP contribution in [0.5, 0.6) is 0 Å². The Morgan fingerprint density at radius 3 is 1.54 bits per heavy atom. The predicted octanol–water partition coefficient (Wildman–Crippen LogP) is 1.72. The van der Waals surface area contributed by atoms with Crippen LogP contribution in [0.3, 0.4) is 0 Å². The maximum absolute atomic E-state index is 9.93. The van der Waals surface area contributed by atoms with Crippen LogP contribution in [0, 0.1) is 0 Å². The molecule has 3 nitrogen and oxygen atoms in total. The molecule has 0 spiro atoms. The van der Waals surface area contributed by atoms with Crippen molar-refractivity contribution in [3.05, 3.63) is 0 Å². The van der Waals surface area contributed by atoms with E-state index in [2.05, 4.69) is 22.9 Å². The number of rotatable bonds is 2. The Hall–Kier alpha value is -0.640. The van der Waals surface area contributed by atoms with Gasteiger partial charge in [-0.3, -0.25) is 4.79 Å². The van der Waals surface area contributed by atoms with Gasteiger partial charge < -0.3 is 10.6 Å². The molecule has 0 rings (SSSR count). The number of carbonyl (C=O) groups excluding carboxylic acids is 1. The normalized spacial score (nSPS) is 7.08. The van der Waals surface area contributed by atoms with E-state index in [4.69, 9.17) is 0 Å². The zero-order valence-electron chi connectivity index (χ0n) is 8.23. The molecule has 80 valence electrons. The minimum absolute atomic E-state index is 0. The molecular formula is C9H22N2OS. The van der Waals surface area contributed by atoms with E-state index in [1.807, 2.05) is 20.8 Å². The topological polar surface area (TPSA) is 41.1 Å². The van der Waals surface area contributed by atoms with Crippen LogP contribution >= 0.6 is 12.2 Å². The second-order valence-electron chi connectivity index (χ2n) is 2.17. The molecule has 0 radical (unpaired) electrons. The second kappa shape index (κ2) is 13.9. The van der Waals surface area contributed by atoms with Crippen LogP contribution in [0.25, 0.3) is 0 Å². The molecular weight excluding hydrogens is 184 g/mol. The number of nitrogens with one attached hydrogen (secondary N) is 2. The Morgan fingerprint density at radius 2 is 1.54 bits per heavy atom. The summed E-state index contributed by atoms with van der Waals surface area (Å²) in [5.41, 5.74) is 0. The molecule has 4 heteroatoms. The molecule has 0 aromatic rings. The summed E-state index contributed by atoms with van der Waals surface area (Å²) >= 11 is 4.68. The third-order valence-electron chi connectivity index (χ3n) is 0.851. The number of amides is 1. The third kappa shape index (κ3) is 34.6. The highest BCUT2D eigenvalue weighted by Crippen LogP contribution is 1.62. The molecule has 0 aliphatic heterocycles. The van der Waals surface area contributed by atoms with Gasteiger partial charge in [-0.1, -0.05) is 19.6 Å². The van der Waals surface area contributed by atoms with Crippen molar-refractivity contribution in [3.8, 4) is 0 Å². The van der Waals surface area contributed by atoms with Gasteiger partial charge in [0.1, 0.15) is 0 Å². The van der Waals surface area contributed by atoms with Crippen LogP contribution < -0.4 is 10.6 Å². The molecule has 0 aliphatic carbocycles. The van der Waals surface area contributed by atoms with Crippen molar-refractivity contribution in [2.75, 3.05) is 13.1 Å². The Morgan fingerprint density at radius 1 is 1.15 bits per heavy atom. The van der Waals surface area contributed by atoms with Gasteiger partial charge in [-0.2, -0.15) is 0 Å². The number of thiocarbonyl (C=S) groups is 1. The molecule has 2 N–H and O–H groups in total. The smallest absolute Gasteiger partial charge is 0.216 e. The summed E-state index contributed by atoms with van der Waals surface area (Å²) < 4.78 is 0. The van der Waals surface area contributed by atoms with Crippen LogP contribution in [0.1, 0.15) is 35.1 Å². The van der Waals surface area contributed by atoms with Gasteiger partial charge in [0.05, 0.1) is 4.99 Å². The molecule has 0 saturated heterocycles. The molecule has 0 saturated carbocycles. The maximum Gasteiger partial charge on any atom is 0.216 e. The summed E-state index contributed by atoms with van der Waals surface area (Å²) in [6.45, 7) is 8.96. The average molecular weight is 206 g/mol. The predicted molar refractivity (Wildman–Crippen MR) is 63.0 cm³/mol. The van der Waals surface area contributed by atoms with Gasteiger partial charge in [-0.05, 0) is 20.8 Å². The monoisotopic (exact) mass is 206 g/mol. The van der Waals surface area contributed by atoms with E-state index < -0.39 is 0 Å². The zero-order chi connectivity index (χ0) is 9.98. The first-order valence-corrected chi connectivity index (χ1v) is 4.44. The van der Waals surface area contributed by atoms with Gasteiger partial charge in [0, 0.05) is 20.0 Å². The Balaban J connectivity index is -0.000000143. The number of hydrogen-bond donors (Lipinski definition) is 2. The minimum Gasteiger partial charge on any atom is -0.380 e. The van der Waals surface area contributed by atoms with Crippen LogP contribution in [-0.4, -0.2) is 24.0 Å². The van der Waals surface area contributed by atoms with Crippen LogP contribution in [0.15, 0.2) is 0 Å². The van der Waals surface area contributed by atoms with Crippen molar-refractivity contribution in [3.63, 3.8) is 0 Å². The van der Waals surface area contributed by atoms with Crippen molar-refractivity contribution in [2.45, 2.75) is 35.1 Å². The van der Waals surface area contributed by atoms with Gasteiger partial charge in [0.25, 0.3) is 0 Å². The van der Waals surface area contributed by atoms with Crippen molar-refractivity contribution < 1.29 is 4.79 Å². The summed E-state index contributed by atoms with van der Waals surface area (Å²) in [5.74, 6) is 0.0394. The molecule has 0 atom stereocenters. The average Bonchev–Trinajstić information content (AvgIpc) is 1.87. The van der Waals surface area contributed by atoms with Crippen LogP contribution in [-0.2, 0) is 4.79 Å². The summed E-state index contributed by atoms with van der Waals surface area (Å²) in [6.07, 6.45) is 0. The fourth-order valence-electron chi connectivity index (χ4n) is 0.498. The lowest BCUT2D eigenvalue weighted by molar-refractivity contribution is -0.118. The first-order chi connectivity index (χ1) is 5.54.